The first kappa shape index (κ1) is 18.7. The number of allylic oxidation sites excluding steroid dienone is 6. The number of carboxylic acids is 1. The predicted molar refractivity (Wildman–Crippen MR) is 97.5 cm³/mol. The van der Waals surface area contributed by atoms with Gasteiger partial charge in [-0.2, -0.15) is 0 Å². The van der Waals surface area contributed by atoms with Crippen molar-refractivity contribution >= 4 is 5.97 Å². The van der Waals surface area contributed by atoms with E-state index in [0.717, 1.165) is 18.9 Å². The van der Waals surface area contributed by atoms with E-state index in [0.29, 0.717) is 23.7 Å². The molecule has 24 heavy (non-hydrogen) atoms. The maximum absolute atomic E-state index is 10.7. The van der Waals surface area contributed by atoms with Gasteiger partial charge in [-0.05, 0) is 51.4 Å². The number of carbonyl (C=O) groups is 1. The van der Waals surface area contributed by atoms with Gasteiger partial charge in [-0.1, -0.05) is 48.5 Å². The summed E-state index contributed by atoms with van der Waals surface area (Å²) in [7, 11) is 0. The molecule has 2 rings (SSSR count). The summed E-state index contributed by atoms with van der Waals surface area (Å²) in [5.74, 6) is 0.838. The Balaban J connectivity index is 2.42. The van der Waals surface area contributed by atoms with Gasteiger partial charge < -0.3 is 10.2 Å². The van der Waals surface area contributed by atoms with Crippen LogP contribution in [0.25, 0.3) is 0 Å². The number of rotatable bonds is 4. The highest BCUT2D eigenvalue weighted by Crippen LogP contribution is 2.50. The molecule has 2 aliphatic rings. The topological polar surface area (TPSA) is 57.5 Å². The summed E-state index contributed by atoms with van der Waals surface area (Å²) in [6.45, 7) is 8.68. The van der Waals surface area contributed by atoms with Crippen LogP contribution >= 0.6 is 0 Å². The number of aliphatic hydroxyl groups excluding tert-OH is 1. The molecule has 0 aliphatic heterocycles. The van der Waals surface area contributed by atoms with E-state index in [1.54, 1.807) is 6.08 Å². The number of aliphatic hydroxyl groups is 1. The van der Waals surface area contributed by atoms with Crippen LogP contribution in [0.1, 0.15) is 40.5 Å². The van der Waals surface area contributed by atoms with Gasteiger partial charge in [-0.3, -0.25) is 0 Å². The van der Waals surface area contributed by atoms with Crippen LogP contribution in [0, 0.1) is 29.6 Å². The van der Waals surface area contributed by atoms with E-state index in [1.165, 1.54) is 11.1 Å². The first-order chi connectivity index (χ1) is 11.4. The minimum absolute atomic E-state index is 0.202. The molecule has 0 aromatic heterocycles. The molecule has 0 spiro atoms. The largest absolute Gasteiger partial charge is 0.478 e. The summed E-state index contributed by atoms with van der Waals surface area (Å²) >= 11 is 0. The third-order valence-electron chi connectivity index (χ3n) is 5.87. The van der Waals surface area contributed by atoms with Crippen LogP contribution in [0.4, 0.5) is 0 Å². The Labute approximate surface area is 145 Å². The van der Waals surface area contributed by atoms with Gasteiger partial charge in [0.1, 0.15) is 0 Å². The molecule has 1 fully saturated rings. The second kappa shape index (κ2) is 7.98. The lowest BCUT2D eigenvalue weighted by Gasteiger charge is -2.48. The Kier molecular flexibility index (Phi) is 6.22. The predicted octanol–water partition coefficient (Wildman–Crippen LogP) is 4.37. The Morgan fingerprint density at radius 2 is 2.00 bits per heavy atom. The quantitative estimate of drug-likeness (QED) is 0.457. The fourth-order valence-electron chi connectivity index (χ4n) is 4.66. The lowest BCUT2D eigenvalue weighted by Crippen LogP contribution is -2.45. The standard InChI is InChI=1S/C21H30O3/c1-5-13(2)20-15(4)12-17-18(22)11-10-14(3)21(17)16(20)8-6-7-9-19(23)24/h5-9,12,14,16-18,20-22H,10-11H2,1-4H3,(H,23,24)/b8-6+,9-7+,13-5+/t14-,16?,17-,18-,20+,21-/m0/s1. The summed E-state index contributed by atoms with van der Waals surface area (Å²) in [5, 5.41) is 19.3. The zero-order valence-corrected chi connectivity index (χ0v) is 15.1. The van der Waals surface area contributed by atoms with E-state index >= 15 is 0 Å². The summed E-state index contributed by atoms with van der Waals surface area (Å²) in [6, 6.07) is 0. The highest BCUT2D eigenvalue weighted by Gasteiger charge is 2.45. The highest BCUT2D eigenvalue weighted by molar-refractivity contribution is 5.80. The number of hydrogen-bond donors (Lipinski definition) is 2. The van der Waals surface area contributed by atoms with E-state index in [4.69, 9.17) is 5.11 Å². The van der Waals surface area contributed by atoms with Crippen molar-refractivity contribution in [3.8, 4) is 0 Å². The van der Waals surface area contributed by atoms with Crippen molar-refractivity contribution in [3.05, 3.63) is 47.6 Å². The maximum atomic E-state index is 10.7. The van der Waals surface area contributed by atoms with Crippen LogP contribution in [-0.4, -0.2) is 22.3 Å². The fourth-order valence-corrected chi connectivity index (χ4v) is 4.66. The summed E-state index contributed by atoms with van der Waals surface area (Å²) in [4.78, 5) is 10.7. The van der Waals surface area contributed by atoms with Gasteiger partial charge >= 0.3 is 5.97 Å². The van der Waals surface area contributed by atoms with Crippen LogP contribution in [0.5, 0.6) is 0 Å². The van der Waals surface area contributed by atoms with E-state index in [-0.39, 0.29) is 12.0 Å². The molecule has 0 bridgehead atoms. The Bertz CT molecular complexity index is 582. The van der Waals surface area contributed by atoms with E-state index in [9.17, 15) is 9.90 Å². The summed E-state index contributed by atoms with van der Waals surface area (Å²) in [6.07, 6.45) is 12.9. The summed E-state index contributed by atoms with van der Waals surface area (Å²) < 4.78 is 0. The third kappa shape index (κ3) is 3.89. The van der Waals surface area contributed by atoms with Crippen molar-refractivity contribution in [1.82, 2.24) is 0 Å². The molecule has 2 aliphatic carbocycles. The molecule has 3 nitrogen and oxygen atoms in total. The zero-order valence-electron chi connectivity index (χ0n) is 15.1. The fraction of sp³-hybridized carbons (Fsp3) is 0.571. The number of fused-ring (bicyclic) bond motifs is 1. The van der Waals surface area contributed by atoms with Gasteiger partial charge in [0.2, 0.25) is 0 Å². The van der Waals surface area contributed by atoms with Crippen molar-refractivity contribution in [2.24, 2.45) is 29.6 Å². The lowest BCUT2D eigenvalue weighted by atomic mass is 9.57. The van der Waals surface area contributed by atoms with Crippen LogP contribution in [0.3, 0.4) is 0 Å². The minimum Gasteiger partial charge on any atom is -0.478 e. The zero-order chi connectivity index (χ0) is 17.9. The molecule has 1 unspecified atom stereocenters. The normalized spacial score (nSPS) is 37.5. The molecule has 132 valence electrons. The summed E-state index contributed by atoms with van der Waals surface area (Å²) in [5.41, 5.74) is 2.66. The molecule has 0 radical (unpaired) electrons. The SMILES string of the molecule is C/C=C(\C)[C@@H]1C(C)=C[C@@H]2[C@H](C1/C=C/C=C/C(=O)O)[C@@H](C)CC[C@@H]2O. The molecule has 6 atom stereocenters. The number of carboxylic acid groups (broad SMARTS) is 1. The molecule has 0 saturated heterocycles. The molecule has 0 amide bonds. The van der Waals surface area contributed by atoms with E-state index in [2.05, 4.69) is 45.9 Å². The van der Waals surface area contributed by atoms with Crippen LogP contribution in [-0.2, 0) is 4.79 Å². The number of hydrogen-bond acceptors (Lipinski definition) is 2. The second-order valence-electron chi connectivity index (χ2n) is 7.36. The molecule has 0 aromatic rings. The first-order valence-corrected chi connectivity index (χ1v) is 8.93. The van der Waals surface area contributed by atoms with E-state index in [1.807, 2.05) is 6.08 Å². The van der Waals surface area contributed by atoms with Crippen LogP contribution < -0.4 is 0 Å². The highest BCUT2D eigenvalue weighted by atomic mass is 16.4. The first-order valence-electron chi connectivity index (χ1n) is 8.93. The monoisotopic (exact) mass is 330 g/mol. The molecule has 3 heteroatoms. The van der Waals surface area contributed by atoms with Gasteiger partial charge in [-0.15, -0.1) is 0 Å². The van der Waals surface area contributed by atoms with Gasteiger partial charge in [-0.25, -0.2) is 4.79 Å². The van der Waals surface area contributed by atoms with E-state index < -0.39 is 5.97 Å². The average Bonchev–Trinajstić information content (AvgIpc) is 2.53. The minimum atomic E-state index is -0.931. The Morgan fingerprint density at radius 3 is 2.62 bits per heavy atom. The lowest BCUT2D eigenvalue weighted by molar-refractivity contribution is -0.131. The van der Waals surface area contributed by atoms with Crippen molar-refractivity contribution in [1.29, 1.82) is 0 Å². The maximum Gasteiger partial charge on any atom is 0.328 e. The number of aliphatic carboxylic acids is 1. The average molecular weight is 330 g/mol. The van der Waals surface area contributed by atoms with Gasteiger partial charge in [0.15, 0.2) is 0 Å². The van der Waals surface area contributed by atoms with Crippen LogP contribution in [0.2, 0.25) is 0 Å². The second-order valence-corrected chi connectivity index (χ2v) is 7.36. The van der Waals surface area contributed by atoms with Crippen molar-refractivity contribution in [3.63, 3.8) is 0 Å². The smallest absolute Gasteiger partial charge is 0.328 e. The van der Waals surface area contributed by atoms with Gasteiger partial charge in [0.25, 0.3) is 0 Å². The van der Waals surface area contributed by atoms with Crippen LogP contribution in [0.15, 0.2) is 47.6 Å². The molecule has 1 saturated carbocycles. The molecule has 0 heterocycles. The van der Waals surface area contributed by atoms with Gasteiger partial charge in [0, 0.05) is 17.9 Å². The van der Waals surface area contributed by atoms with Crippen molar-refractivity contribution < 1.29 is 15.0 Å². The molecule has 0 aromatic carbocycles. The Hall–Kier alpha value is -1.61. The van der Waals surface area contributed by atoms with Crippen molar-refractivity contribution in [2.75, 3.05) is 0 Å². The Morgan fingerprint density at radius 1 is 1.29 bits per heavy atom. The van der Waals surface area contributed by atoms with Gasteiger partial charge in [0.05, 0.1) is 6.10 Å². The van der Waals surface area contributed by atoms with Crippen molar-refractivity contribution in [2.45, 2.75) is 46.6 Å². The molecular weight excluding hydrogens is 300 g/mol. The molecular formula is C21H30O3. The molecule has 2 N–H and O–H groups in total. The third-order valence-corrected chi connectivity index (χ3v) is 5.87.